The maximum atomic E-state index is 3.56. The molecule has 1 N–H and O–H groups in total. The van der Waals surface area contributed by atoms with Gasteiger partial charge in [0, 0.05) is 43.2 Å². The maximum absolute atomic E-state index is 3.56. The van der Waals surface area contributed by atoms with Crippen molar-refractivity contribution in [2.75, 3.05) is 37.7 Å². The van der Waals surface area contributed by atoms with Crippen molar-refractivity contribution >= 4 is 23.5 Å². The van der Waals surface area contributed by atoms with Crippen molar-refractivity contribution < 1.29 is 0 Å². The van der Waals surface area contributed by atoms with Crippen molar-refractivity contribution in [3.63, 3.8) is 0 Å². The first-order valence-corrected chi connectivity index (χ1v) is 7.46. The van der Waals surface area contributed by atoms with Gasteiger partial charge >= 0.3 is 0 Å². The number of nitrogens with one attached hydrogen (secondary N) is 1. The van der Waals surface area contributed by atoms with E-state index in [2.05, 4.69) is 47.6 Å². The zero-order chi connectivity index (χ0) is 10.0. The molecule has 0 aliphatic carbocycles. The van der Waals surface area contributed by atoms with E-state index in [1.165, 1.54) is 31.1 Å². The smallest absolute Gasteiger partial charge is 0.0629 e. The molecule has 2 rings (SSSR count). The van der Waals surface area contributed by atoms with E-state index in [1.54, 1.807) is 0 Å². The van der Waals surface area contributed by atoms with Crippen LogP contribution >= 0.6 is 23.5 Å². The molecule has 0 bridgehead atoms. The average molecular weight is 232 g/mol. The number of piperazine rings is 1. The lowest BCUT2D eigenvalue weighted by molar-refractivity contribution is 0.161. The van der Waals surface area contributed by atoms with Crippen LogP contribution in [0.15, 0.2) is 0 Å². The predicted molar refractivity (Wildman–Crippen MR) is 67.2 cm³/mol. The van der Waals surface area contributed by atoms with Gasteiger partial charge in [-0.25, -0.2) is 0 Å². The molecule has 0 amide bonds. The standard InChI is InChI=1S/C10H20N2S2/c1-10(2)8-12(4-3-11-10)7-9-13-5-6-14-9/h9,11H,3-8H2,1-2H3. The Morgan fingerprint density at radius 3 is 2.71 bits per heavy atom. The van der Waals surface area contributed by atoms with Crippen molar-refractivity contribution in [2.45, 2.75) is 24.0 Å². The molecule has 2 saturated heterocycles. The topological polar surface area (TPSA) is 15.3 Å². The maximum Gasteiger partial charge on any atom is 0.0629 e. The fourth-order valence-electron chi connectivity index (χ4n) is 2.13. The van der Waals surface area contributed by atoms with Crippen LogP contribution in [0, 0.1) is 0 Å². The van der Waals surface area contributed by atoms with Gasteiger partial charge in [0.15, 0.2) is 0 Å². The summed E-state index contributed by atoms with van der Waals surface area (Å²) in [5.41, 5.74) is 0.312. The Morgan fingerprint density at radius 1 is 1.36 bits per heavy atom. The Morgan fingerprint density at radius 2 is 2.07 bits per heavy atom. The number of rotatable bonds is 2. The summed E-state index contributed by atoms with van der Waals surface area (Å²) in [5, 5.41) is 3.56. The Balaban J connectivity index is 1.79. The third-order valence-corrected chi connectivity index (χ3v) is 5.74. The highest BCUT2D eigenvalue weighted by Crippen LogP contribution is 2.32. The largest absolute Gasteiger partial charge is 0.309 e. The lowest BCUT2D eigenvalue weighted by Gasteiger charge is -2.39. The van der Waals surface area contributed by atoms with Crippen LogP contribution in [0.5, 0.6) is 0 Å². The summed E-state index contributed by atoms with van der Waals surface area (Å²) in [6.45, 7) is 9.45. The fourth-order valence-corrected chi connectivity index (χ4v) is 5.02. The normalized spacial score (nSPS) is 29.6. The van der Waals surface area contributed by atoms with E-state index in [-0.39, 0.29) is 0 Å². The van der Waals surface area contributed by atoms with Crippen LogP contribution in [0.4, 0.5) is 0 Å². The molecule has 0 aromatic rings. The summed E-state index contributed by atoms with van der Waals surface area (Å²) >= 11 is 4.27. The predicted octanol–water partition coefficient (Wildman–Crippen LogP) is 1.48. The Kier molecular flexibility index (Phi) is 3.68. The molecular weight excluding hydrogens is 212 g/mol. The van der Waals surface area contributed by atoms with Crippen LogP contribution in [0.2, 0.25) is 0 Å². The van der Waals surface area contributed by atoms with Crippen LogP contribution in [0.1, 0.15) is 13.8 Å². The molecule has 0 aromatic heterocycles. The van der Waals surface area contributed by atoms with Crippen molar-refractivity contribution in [3.05, 3.63) is 0 Å². The molecule has 4 heteroatoms. The molecule has 14 heavy (non-hydrogen) atoms. The van der Waals surface area contributed by atoms with Crippen LogP contribution < -0.4 is 5.32 Å². The molecular formula is C10H20N2S2. The van der Waals surface area contributed by atoms with E-state index in [0.29, 0.717) is 5.54 Å². The van der Waals surface area contributed by atoms with Gasteiger partial charge in [-0.1, -0.05) is 0 Å². The first-order chi connectivity index (χ1) is 6.66. The van der Waals surface area contributed by atoms with Gasteiger partial charge < -0.3 is 5.32 Å². The molecule has 2 nitrogen and oxygen atoms in total. The number of hydrogen-bond donors (Lipinski definition) is 1. The Labute approximate surface area is 95.6 Å². The van der Waals surface area contributed by atoms with Gasteiger partial charge in [0.1, 0.15) is 0 Å². The third kappa shape index (κ3) is 3.05. The second-order valence-electron chi connectivity index (χ2n) is 4.72. The van der Waals surface area contributed by atoms with E-state index in [9.17, 15) is 0 Å². The van der Waals surface area contributed by atoms with Crippen molar-refractivity contribution in [1.29, 1.82) is 0 Å². The summed E-state index contributed by atoms with van der Waals surface area (Å²) < 4.78 is 0.837. The second-order valence-corrected chi connectivity index (χ2v) is 7.64. The summed E-state index contributed by atoms with van der Waals surface area (Å²) in [4.78, 5) is 2.62. The summed E-state index contributed by atoms with van der Waals surface area (Å²) in [6.07, 6.45) is 0. The van der Waals surface area contributed by atoms with Crippen LogP contribution in [0.25, 0.3) is 0 Å². The van der Waals surface area contributed by atoms with Crippen LogP contribution in [-0.4, -0.2) is 52.7 Å². The summed E-state index contributed by atoms with van der Waals surface area (Å²) in [5.74, 6) is 2.70. The van der Waals surface area contributed by atoms with E-state index in [4.69, 9.17) is 0 Å². The molecule has 0 radical (unpaired) electrons. The van der Waals surface area contributed by atoms with E-state index in [1.807, 2.05) is 0 Å². The highest BCUT2D eigenvalue weighted by atomic mass is 32.2. The number of hydrogen-bond acceptors (Lipinski definition) is 4. The molecule has 2 aliphatic rings. The van der Waals surface area contributed by atoms with E-state index in [0.717, 1.165) is 11.1 Å². The molecule has 0 saturated carbocycles. The number of nitrogens with zero attached hydrogens (tertiary/aromatic N) is 1. The van der Waals surface area contributed by atoms with Gasteiger partial charge in [0.25, 0.3) is 0 Å². The van der Waals surface area contributed by atoms with Crippen molar-refractivity contribution in [2.24, 2.45) is 0 Å². The SMILES string of the molecule is CC1(C)CN(CC2SCCS2)CCN1. The molecule has 0 atom stereocenters. The van der Waals surface area contributed by atoms with E-state index < -0.39 is 0 Å². The monoisotopic (exact) mass is 232 g/mol. The summed E-state index contributed by atoms with van der Waals surface area (Å²) in [6, 6.07) is 0. The van der Waals surface area contributed by atoms with E-state index >= 15 is 0 Å². The van der Waals surface area contributed by atoms with Crippen molar-refractivity contribution in [1.82, 2.24) is 10.2 Å². The highest BCUT2D eigenvalue weighted by Gasteiger charge is 2.28. The first-order valence-electron chi connectivity index (χ1n) is 5.36. The Hall–Kier alpha value is 0.620. The minimum absolute atomic E-state index is 0.312. The zero-order valence-corrected chi connectivity index (χ0v) is 10.7. The quantitative estimate of drug-likeness (QED) is 0.775. The minimum atomic E-state index is 0.312. The van der Waals surface area contributed by atoms with Gasteiger partial charge in [0.2, 0.25) is 0 Å². The molecule has 2 heterocycles. The molecule has 0 unspecified atom stereocenters. The Bertz CT molecular complexity index is 191. The minimum Gasteiger partial charge on any atom is -0.309 e. The molecule has 0 aromatic carbocycles. The highest BCUT2D eigenvalue weighted by molar-refractivity contribution is 8.20. The summed E-state index contributed by atoms with van der Waals surface area (Å²) in [7, 11) is 0. The second kappa shape index (κ2) is 4.64. The van der Waals surface area contributed by atoms with Gasteiger partial charge in [-0.05, 0) is 13.8 Å². The van der Waals surface area contributed by atoms with Gasteiger partial charge in [-0.2, -0.15) is 0 Å². The van der Waals surface area contributed by atoms with Gasteiger partial charge in [-0.3, -0.25) is 4.90 Å². The zero-order valence-electron chi connectivity index (χ0n) is 9.08. The first kappa shape index (κ1) is 11.1. The van der Waals surface area contributed by atoms with Gasteiger partial charge in [0.05, 0.1) is 4.58 Å². The number of thioether (sulfide) groups is 2. The molecule has 0 spiro atoms. The van der Waals surface area contributed by atoms with Crippen LogP contribution in [-0.2, 0) is 0 Å². The molecule has 82 valence electrons. The molecule has 2 fully saturated rings. The third-order valence-electron chi connectivity index (χ3n) is 2.75. The lowest BCUT2D eigenvalue weighted by Crippen LogP contribution is -2.57. The van der Waals surface area contributed by atoms with Crippen LogP contribution in [0.3, 0.4) is 0 Å². The van der Waals surface area contributed by atoms with Crippen molar-refractivity contribution in [3.8, 4) is 0 Å². The fraction of sp³-hybridized carbons (Fsp3) is 1.00. The average Bonchev–Trinajstić information content (AvgIpc) is 2.54. The lowest BCUT2D eigenvalue weighted by atomic mass is 10.0. The molecule has 2 aliphatic heterocycles. The van der Waals surface area contributed by atoms with Gasteiger partial charge in [-0.15, -0.1) is 23.5 Å².